The number of nitrogens with one attached hydrogen (secondary N) is 1. The Morgan fingerprint density at radius 2 is 1.85 bits per heavy atom. The smallest absolute Gasteiger partial charge is 0.244 e. The molecule has 3 rings (SSSR count). The number of rotatable bonds is 6. The fraction of sp³-hybridized carbons (Fsp3) is 0.304. The fourth-order valence-electron chi connectivity index (χ4n) is 3.28. The van der Waals surface area contributed by atoms with Gasteiger partial charge in [0.2, 0.25) is 11.8 Å². The molecule has 1 aliphatic heterocycles. The SMILES string of the molecule is Cc1ccc(C=CC(=O)NCc2ccc(CN3CCCC3=O)cc2)c(C)c1. The van der Waals surface area contributed by atoms with Crippen LogP contribution in [0, 0.1) is 13.8 Å². The number of hydrogen-bond acceptors (Lipinski definition) is 2. The number of aryl methyl sites for hydroxylation is 2. The first-order chi connectivity index (χ1) is 13.0. The minimum absolute atomic E-state index is 0.110. The third-order valence-corrected chi connectivity index (χ3v) is 4.87. The van der Waals surface area contributed by atoms with E-state index in [1.165, 1.54) is 5.56 Å². The molecule has 4 heteroatoms. The van der Waals surface area contributed by atoms with E-state index in [0.717, 1.165) is 35.2 Å². The summed E-state index contributed by atoms with van der Waals surface area (Å²) < 4.78 is 0. The Morgan fingerprint density at radius 3 is 2.52 bits per heavy atom. The molecular formula is C23H26N2O2. The summed E-state index contributed by atoms with van der Waals surface area (Å²) in [6, 6.07) is 14.2. The van der Waals surface area contributed by atoms with E-state index in [4.69, 9.17) is 0 Å². The molecule has 2 aromatic rings. The van der Waals surface area contributed by atoms with Gasteiger partial charge in [-0.05, 0) is 48.6 Å². The summed E-state index contributed by atoms with van der Waals surface area (Å²) in [4.78, 5) is 25.7. The lowest BCUT2D eigenvalue weighted by Crippen LogP contribution is -2.24. The molecule has 0 radical (unpaired) electrons. The summed E-state index contributed by atoms with van der Waals surface area (Å²) in [5.41, 5.74) is 5.59. The Morgan fingerprint density at radius 1 is 1.11 bits per heavy atom. The second kappa shape index (κ2) is 8.67. The van der Waals surface area contributed by atoms with E-state index in [0.29, 0.717) is 19.5 Å². The van der Waals surface area contributed by atoms with Gasteiger partial charge in [0.05, 0.1) is 0 Å². The average molecular weight is 362 g/mol. The van der Waals surface area contributed by atoms with E-state index in [1.54, 1.807) is 6.08 Å². The van der Waals surface area contributed by atoms with Gasteiger partial charge in [-0.2, -0.15) is 0 Å². The van der Waals surface area contributed by atoms with Crippen LogP contribution < -0.4 is 5.32 Å². The van der Waals surface area contributed by atoms with Crippen molar-refractivity contribution in [2.75, 3.05) is 6.54 Å². The number of amides is 2. The van der Waals surface area contributed by atoms with Gasteiger partial charge in [-0.3, -0.25) is 9.59 Å². The number of carbonyl (C=O) groups excluding carboxylic acids is 2. The van der Waals surface area contributed by atoms with Crippen molar-refractivity contribution in [3.8, 4) is 0 Å². The number of benzene rings is 2. The van der Waals surface area contributed by atoms with Crippen LogP contribution in [0.1, 0.15) is 40.7 Å². The van der Waals surface area contributed by atoms with E-state index in [-0.39, 0.29) is 11.8 Å². The van der Waals surface area contributed by atoms with Crippen LogP contribution in [0.2, 0.25) is 0 Å². The summed E-state index contributed by atoms with van der Waals surface area (Å²) in [6.45, 7) is 6.11. The van der Waals surface area contributed by atoms with Crippen molar-refractivity contribution in [3.63, 3.8) is 0 Å². The van der Waals surface area contributed by atoms with E-state index in [9.17, 15) is 9.59 Å². The summed E-state index contributed by atoms with van der Waals surface area (Å²) in [5.74, 6) is 0.128. The molecule has 0 atom stereocenters. The first kappa shape index (κ1) is 18.9. The van der Waals surface area contributed by atoms with Crippen molar-refractivity contribution in [1.29, 1.82) is 0 Å². The molecule has 1 aliphatic rings. The molecule has 0 unspecified atom stereocenters. The second-order valence-corrected chi connectivity index (χ2v) is 7.15. The summed E-state index contributed by atoms with van der Waals surface area (Å²) in [7, 11) is 0. The standard InChI is InChI=1S/C23H26N2O2/c1-17-5-10-21(18(2)14-17)11-12-22(26)24-15-19-6-8-20(9-7-19)16-25-13-3-4-23(25)27/h5-12,14H,3-4,13,15-16H2,1-2H3,(H,24,26). The Kier molecular flexibility index (Phi) is 6.07. The summed E-state index contributed by atoms with van der Waals surface area (Å²) >= 11 is 0. The molecule has 27 heavy (non-hydrogen) atoms. The maximum Gasteiger partial charge on any atom is 0.244 e. The van der Waals surface area contributed by atoms with Crippen molar-refractivity contribution in [3.05, 3.63) is 76.4 Å². The van der Waals surface area contributed by atoms with Crippen LogP contribution in [0.25, 0.3) is 6.08 Å². The largest absolute Gasteiger partial charge is 0.348 e. The van der Waals surface area contributed by atoms with Gasteiger partial charge in [0.1, 0.15) is 0 Å². The first-order valence-electron chi connectivity index (χ1n) is 9.40. The van der Waals surface area contributed by atoms with E-state index < -0.39 is 0 Å². The summed E-state index contributed by atoms with van der Waals surface area (Å²) in [5, 5.41) is 2.91. The summed E-state index contributed by atoms with van der Waals surface area (Å²) in [6.07, 6.45) is 5.05. The highest BCUT2D eigenvalue weighted by Crippen LogP contribution is 2.15. The van der Waals surface area contributed by atoms with Crippen LogP contribution in [-0.2, 0) is 22.7 Å². The van der Waals surface area contributed by atoms with E-state index >= 15 is 0 Å². The lowest BCUT2D eigenvalue weighted by molar-refractivity contribution is -0.128. The first-order valence-corrected chi connectivity index (χ1v) is 9.40. The lowest BCUT2D eigenvalue weighted by Gasteiger charge is -2.15. The zero-order valence-electron chi connectivity index (χ0n) is 16.0. The van der Waals surface area contributed by atoms with Crippen molar-refractivity contribution in [2.24, 2.45) is 0 Å². The average Bonchev–Trinajstić information content (AvgIpc) is 3.05. The Balaban J connectivity index is 1.49. The highest BCUT2D eigenvalue weighted by Gasteiger charge is 2.19. The van der Waals surface area contributed by atoms with Gasteiger partial charge in [-0.1, -0.05) is 48.0 Å². The van der Waals surface area contributed by atoms with Gasteiger partial charge in [0.25, 0.3) is 0 Å². The fourth-order valence-corrected chi connectivity index (χ4v) is 3.28. The predicted molar refractivity (Wildman–Crippen MR) is 108 cm³/mol. The number of nitrogens with zero attached hydrogens (tertiary/aromatic N) is 1. The normalized spacial score (nSPS) is 14.1. The van der Waals surface area contributed by atoms with E-state index in [1.807, 2.05) is 54.3 Å². The third kappa shape index (κ3) is 5.30. The highest BCUT2D eigenvalue weighted by atomic mass is 16.2. The van der Waals surface area contributed by atoms with Gasteiger partial charge in [-0.15, -0.1) is 0 Å². The molecule has 1 N–H and O–H groups in total. The van der Waals surface area contributed by atoms with E-state index in [2.05, 4.69) is 18.3 Å². The second-order valence-electron chi connectivity index (χ2n) is 7.15. The van der Waals surface area contributed by atoms with Crippen LogP contribution in [-0.4, -0.2) is 23.3 Å². The van der Waals surface area contributed by atoms with Crippen LogP contribution in [0.4, 0.5) is 0 Å². The Hall–Kier alpha value is -2.88. The molecule has 0 aromatic heterocycles. The number of hydrogen-bond donors (Lipinski definition) is 1. The van der Waals surface area contributed by atoms with Crippen LogP contribution in [0.3, 0.4) is 0 Å². The molecular weight excluding hydrogens is 336 g/mol. The van der Waals surface area contributed by atoms with Crippen LogP contribution >= 0.6 is 0 Å². The molecule has 2 aromatic carbocycles. The molecule has 2 amide bonds. The monoisotopic (exact) mass is 362 g/mol. The minimum atomic E-state index is -0.110. The quantitative estimate of drug-likeness (QED) is 0.796. The number of likely N-dealkylation sites (tertiary alicyclic amines) is 1. The van der Waals surface area contributed by atoms with Gasteiger partial charge in [-0.25, -0.2) is 0 Å². The lowest BCUT2D eigenvalue weighted by atomic mass is 10.1. The van der Waals surface area contributed by atoms with Gasteiger partial charge >= 0.3 is 0 Å². The van der Waals surface area contributed by atoms with Crippen LogP contribution in [0.5, 0.6) is 0 Å². The molecule has 1 fully saturated rings. The molecule has 1 heterocycles. The molecule has 0 bridgehead atoms. The Bertz CT molecular complexity index is 853. The maximum absolute atomic E-state index is 12.1. The maximum atomic E-state index is 12.1. The van der Waals surface area contributed by atoms with Crippen molar-refractivity contribution in [1.82, 2.24) is 10.2 Å². The molecule has 0 aliphatic carbocycles. The Labute approximate surface area is 160 Å². The molecule has 0 saturated carbocycles. The zero-order chi connectivity index (χ0) is 19.2. The van der Waals surface area contributed by atoms with Crippen molar-refractivity contribution in [2.45, 2.75) is 39.8 Å². The molecule has 4 nitrogen and oxygen atoms in total. The van der Waals surface area contributed by atoms with Gasteiger partial charge < -0.3 is 10.2 Å². The molecule has 1 saturated heterocycles. The molecule has 0 spiro atoms. The number of carbonyl (C=O) groups is 2. The zero-order valence-corrected chi connectivity index (χ0v) is 16.0. The van der Waals surface area contributed by atoms with Crippen LogP contribution in [0.15, 0.2) is 48.5 Å². The van der Waals surface area contributed by atoms with Gasteiger partial charge in [0, 0.05) is 32.1 Å². The minimum Gasteiger partial charge on any atom is -0.348 e. The predicted octanol–water partition coefficient (Wildman–Crippen LogP) is 3.76. The highest BCUT2D eigenvalue weighted by molar-refractivity contribution is 5.91. The van der Waals surface area contributed by atoms with Crippen molar-refractivity contribution >= 4 is 17.9 Å². The topological polar surface area (TPSA) is 49.4 Å². The third-order valence-electron chi connectivity index (χ3n) is 4.87. The molecule has 140 valence electrons. The van der Waals surface area contributed by atoms with Crippen molar-refractivity contribution < 1.29 is 9.59 Å². The van der Waals surface area contributed by atoms with Gasteiger partial charge in [0.15, 0.2) is 0 Å².